The molecule has 39 heavy (non-hydrogen) atoms. The van der Waals surface area contributed by atoms with Crippen LogP contribution in [0, 0.1) is 6.92 Å². The van der Waals surface area contributed by atoms with Crippen molar-refractivity contribution in [2.75, 3.05) is 32.0 Å². The predicted molar refractivity (Wildman–Crippen MR) is 150 cm³/mol. The Morgan fingerprint density at radius 3 is 2.33 bits per heavy atom. The van der Waals surface area contributed by atoms with E-state index in [4.69, 9.17) is 30.3 Å². The molecule has 0 aliphatic heterocycles. The van der Waals surface area contributed by atoms with Crippen molar-refractivity contribution in [1.29, 1.82) is 0 Å². The van der Waals surface area contributed by atoms with Gasteiger partial charge in [0.2, 0.25) is 5.75 Å². The third-order valence-corrected chi connectivity index (χ3v) is 6.60. The summed E-state index contributed by atoms with van der Waals surface area (Å²) in [5, 5.41) is 11.2. The average Bonchev–Trinajstić information content (AvgIpc) is 3.31. The molecule has 0 spiro atoms. The van der Waals surface area contributed by atoms with Crippen LogP contribution in [0.2, 0.25) is 5.02 Å². The van der Waals surface area contributed by atoms with Crippen molar-refractivity contribution in [1.82, 2.24) is 9.72 Å². The largest absolute Gasteiger partial charge is 0.493 e. The van der Waals surface area contributed by atoms with Crippen molar-refractivity contribution in [3.63, 3.8) is 0 Å². The van der Waals surface area contributed by atoms with E-state index in [9.17, 15) is 9.59 Å². The molecule has 0 bridgehead atoms. The van der Waals surface area contributed by atoms with Crippen LogP contribution >= 0.6 is 11.6 Å². The molecule has 10 nitrogen and oxygen atoms in total. The Hall–Kier alpha value is -4.70. The Kier molecular flexibility index (Phi) is 7.03. The second-order valence-electron chi connectivity index (χ2n) is 8.68. The molecule has 0 saturated heterocycles. The molecule has 0 unspecified atom stereocenters. The summed E-state index contributed by atoms with van der Waals surface area (Å²) in [6, 6.07) is 15.3. The second-order valence-corrected chi connectivity index (χ2v) is 9.09. The number of benzene rings is 3. The van der Waals surface area contributed by atoms with E-state index in [0.29, 0.717) is 61.2 Å². The molecule has 0 aliphatic rings. The maximum atomic E-state index is 13.5. The number of urea groups is 1. The quantitative estimate of drug-likeness (QED) is 0.263. The molecule has 0 fully saturated rings. The zero-order chi connectivity index (χ0) is 27.7. The molecule has 11 heteroatoms. The van der Waals surface area contributed by atoms with Gasteiger partial charge in [-0.15, -0.1) is 0 Å². The lowest BCUT2D eigenvalue weighted by molar-refractivity contribution is 0.262. The minimum atomic E-state index is -0.475. The normalized spacial score (nSPS) is 11.0. The van der Waals surface area contributed by atoms with Crippen LogP contribution in [-0.2, 0) is 6.54 Å². The van der Waals surface area contributed by atoms with E-state index in [1.165, 1.54) is 21.3 Å². The lowest BCUT2D eigenvalue weighted by atomic mass is 10.1. The zero-order valence-corrected chi connectivity index (χ0v) is 22.4. The van der Waals surface area contributed by atoms with Gasteiger partial charge in [0.05, 0.1) is 44.1 Å². The number of ether oxygens (including phenoxy) is 3. The fourth-order valence-corrected chi connectivity index (χ4v) is 4.80. The number of pyridine rings is 1. The number of nitrogens with one attached hydrogen (secondary N) is 2. The molecule has 0 radical (unpaired) electrons. The Balaban J connectivity index is 1.43. The van der Waals surface area contributed by atoms with Gasteiger partial charge in [-0.3, -0.25) is 4.79 Å². The second kappa shape index (κ2) is 10.6. The van der Waals surface area contributed by atoms with Crippen LogP contribution in [-0.4, -0.2) is 37.1 Å². The first kappa shape index (κ1) is 25.9. The van der Waals surface area contributed by atoms with Crippen molar-refractivity contribution in [2.24, 2.45) is 0 Å². The fourth-order valence-electron chi connectivity index (χ4n) is 4.54. The molecule has 2 heterocycles. The number of carbonyl (C=O) groups excluding carboxylic acids is 1. The van der Waals surface area contributed by atoms with Crippen LogP contribution < -0.4 is 30.4 Å². The number of rotatable bonds is 7. The Bertz CT molecular complexity index is 1750. The van der Waals surface area contributed by atoms with Crippen molar-refractivity contribution < 1.29 is 23.5 Å². The number of carbonyl (C=O) groups is 1. The van der Waals surface area contributed by atoms with Crippen LogP contribution in [0.5, 0.6) is 17.2 Å². The van der Waals surface area contributed by atoms with Gasteiger partial charge in [-0.2, -0.15) is 0 Å². The number of amides is 2. The fraction of sp³-hybridized carbons (Fsp3) is 0.179. The number of methoxy groups -OCH3 is 3. The number of anilines is 2. The number of halogens is 1. The SMILES string of the molecule is COc1cc(NC(=O)Nc2cccc(Cn3c(=O)c4c(C)onc4c4c(Cl)cccc43)c2)cc(OC)c1OC. The van der Waals surface area contributed by atoms with Gasteiger partial charge in [-0.1, -0.05) is 35.0 Å². The van der Waals surface area contributed by atoms with E-state index in [0.717, 1.165) is 5.56 Å². The van der Waals surface area contributed by atoms with Gasteiger partial charge >= 0.3 is 6.03 Å². The van der Waals surface area contributed by atoms with E-state index in [2.05, 4.69) is 15.8 Å². The van der Waals surface area contributed by atoms with E-state index in [-0.39, 0.29) is 12.1 Å². The Morgan fingerprint density at radius 1 is 0.949 bits per heavy atom. The highest BCUT2D eigenvalue weighted by molar-refractivity contribution is 6.37. The smallest absolute Gasteiger partial charge is 0.323 e. The van der Waals surface area contributed by atoms with Gasteiger partial charge < -0.3 is 33.9 Å². The van der Waals surface area contributed by atoms with Crippen LogP contribution in [0.1, 0.15) is 11.3 Å². The van der Waals surface area contributed by atoms with E-state index in [1.54, 1.807) is 54.0 Å². The maximum Gasteiger partial charge on any atom is 0.323 e. The molecule has 2 amide bonds. The molecular weight excluding hydrogens is 524 g/mol. The minimum Gasteiger partial charge on any atom is -0.493 e. The molecule has 2 N–H and O–H groups in total. The molecule has 5 aromatic rings. The zero-order valence-electron chi connectivity index (χ0n) is 21.6. The number of nitrogens with zero attached hydrogens (tertiary/aromatic N) is 2. The topological polar surface area (TPSA) is 117 Å². The van der Waals surface area contributed by atoms with E-state index >= 15 is 0 Å². The molecular formula is C28H25ClN4O6. The lowest BCUT2D eigenvalue weighted by Crippen LogP contribution is -2.22. The molecule has 0 aliphatic carbocycles. The van der Waals surface area contributed by atoms with E-state index in [1.807, 2.05) is 12.1 Å². The van der Waals surface area contributed by atoms with Gasteiger partial charge in [0.15, 0.2) is 11.5 Å². The van der Waals surface area contributed by atoms with Crippen LogP contribution in [0.25, 0.3) is 21.8 Å². The molecule has 0 saturated carbocycles. The highest BCUT2D eigenvalue weighted by Crippen LogP contribution is 2.40. The van der Waals surface area contributed by atoms with Crippen LogP contribution in [0.3, 0.4) is 0 Å². The summed E-state index contributed by atoms with van der Waals surface area (Å²) in [6.45, 7) is 1.93. The Labute approximate surface area is 228 Å². The summed E-state index contributed by atoms with van der Waals surface area (Å²) in [5.41, 5.74) is 2.61. The van der Waals surface area contributed by atoms with Gasteiger partial charge in [0, 0.05) is 23.2 Å². The molecule has 3 aromatic carbocycles. The van der Waals surface area contributed by atoms with Crippen LogP contribution in [0.4, 0.5) is 16.2 Å². The van der Waals surface area contributed by atoms with Gasteiger partial charge in [0.1, 0.15) is 16.7 Å². The first-order valence-corrected chi connectivity index (χ1v) is 12.3. The maximum absolute atomic E-state index is 13.5. The molecule has 5 rings (SSSR count). The van der Waals surface area contributed by atoms with E-state index < -0.39 is 6.03 Å². The third kappa shape index (κ3) is 4.82. The average molecular weight is 549 g/mol. The highest BCUT2D eigenvalue weighted by Gasteiger charge is 2.19. The van der Waals surface area contributed by atoms with Gasteiger partial charge in [-0.25, -0.2) is 4.79 Å². The molecule has 2 aromatic heterocycles. The summed E-state index contributed by atoms with van der Waals surface area (Å²) < 4.78 is 23.0. The number of aromatic nitrogens is 2. The highest BCUT2D eigenvalue weighted by atomic mass is 35.5. The van der Waals surface area contributed by atoms with Gasteiger partial charge in [-0.05, 0) is 36.8 Å². The number of aryl methyl sites for hydroxylation is 1. The first-order chi connectivity index (χ1) is 18.8. The lowest BCUT2D eigenvalue weighted by Gasteiger charge is -2.15. The predicted octanol–water partition coefficient (Wildman–Crippen LogP) is 5.82. The number of fused-ring (bicyclic) bond motifs is 3. The number of hydrogen-bond donors (Lipinski definition) is 2. The summed E-state index contributed by atoms with van der Waals surface area (Å²) in [5.74, 6) is 1.66. The first-order valence-electron chi connectivity index (χ1n) is 11.9. The molecule has 0 atom stereocenters. The minimum absolute atomic E-state index is 0.236. The van der Waals surface area contributed by atoms with Crippen molar-refractivity contribution in [3.05, 3.63) is 81.3 Å². The number of hydrogen-bond acceptors (Lipinski definition) is 7. The third-order valence-electron chi connectivity index (χ3n) is 6.29. The van der Waals surface area contributed by atoms with Crippen molar-refractivity contribution in [3.8, 4) is 17.2 Å². The van der Waals surface area contributed by atoms with Crippen molar-refractivity contribution >= 4 is 50.8 Å². The van der Waals surface area contributed by atoms with Crippen LogP contribution in [0.15, 0.2) is 63.9 Å². The Morgan fingerprint density at radius 2 is 1.64 bits per heavy atom. The van der Waals surface area contributed by atoms with Crippen molar-refractivity contribution in [2.45, 2.75) is 13.5 Å². The standard InChI is InChI=1S/C28H25ClN4O6/c1-15-23-25(32-39-15)24-19(29)9-6-10-20(24)33(27(23)34)14-16-7-5-8-17(11-16)30-28(35)31-18-12-21(36-2)26(38-4)22(13-18)37-3/h5-13H,14H2,1-4H3,(H2,30,31,35). The monoisotopic (exact) mass is 548 g/mol. The summed E-state index contributed by atoms with van der Waals surface area (Å²) >= 11 is 6.50. The summed E-state index contributed by atoms with van der Waals surface area (Å²) in [4.78, 5) is 26.3. The summed E-state index contributed by atoms with van der Waals surface area (Å²) in [6.07, 6.45) is 0. The summed E-state index contributed by atoms with van der Waals surface area (Å²) in [7, 11) is 4.50. The van der Waals surface area contributed by atoms with Gasteiger partial charge in [0.25, 0.3) is 5.56 Å². The molecule has 200 valence electrons.